The maximum absolute atomic E-state index is 13.2. The molecule has 1 fully saturated rings. The van der Waals surface area contributed by atoms with Crippen LogP contribution in [0.15, 0.2) is 78.9 Å². The molecular formula is C36H46N2O9. The average molecular weight is 651 g/mol. The van der Waals surface area contributed by atoms with Gasteiger partial charge in [0.1, 0.15) is 47.5 Å². The van der Waals surface area contributed by atoms with Crippen LogP contribution in [0.5, 0.6) is 11.5 Å². The summed E-state index contributed by atoms with van der Waals surface area (Å²) in [5.74, 6) is 0.571. The van der Waals surface area contributed by atoms with E-state index in [0.29, 0.717) is 17.9 Å². The van der Waals surface area contributed by atoms with Crippen molar-refractivity contribution in [2.45, 2.75) is 69.5 Å². The molecule has 1 saturated heterocycles. The summed E-state index contributed by atoms with van der Waals surface area (Å²) in [5, 5.41) is 28.0. The van der Waals surface area contributed by atoms with E-state index in [1.54, 1.807) is 14.2 Å². The fourth-order valence-electron chi connectivity index (χ4n) is 5.92. The highest BCUT2D eigenvalue weighted by atomic mass is 16.7. The third-order valence-corrected chi connectivity index (χ3v) is 8.28. The molecule has 3 aromatic carbocycles. The van der Waals surface area contributed by atoms with E-state index in [9.17, 15) is 19.8 Å². The van der Waals surface area contributed by atoms with Crippen molar-refractivity contribution in [3.05, 3.63) is 95.6 Å². The van der Waals surface area contributed by atoms with Crippen LogP contribution in [0.4, 0.5) is 0 Å². The van der Waals surface area contributed by atoms with Crippen LogP contribution < -0.4 is 20.1 Å². The van der Waals surface area contributed by atoms with E-state index in [2.05, 4.69) is 10.6 Å². The van der Waals surface area contributed by atoms with E-state index >= 15 is 0 Å². The van der Waals surface area contributed by atoms with Crippen molar-refractivity contribution in [1.29, 1.82) is 0 Å². The van der Waals surface area contributed by atoms with Gasteiger partial charge >= 0.3 is 0 Å². The molecule has 1 heterocycles. The number of nitrogens with one attached hydrogen (secondary N) is 2. The lowest BCUT2D eigenvalue weighted by Crippen LogP contribution is -2.66. The van der Waals surface area contributed by atoms with E-state index in [1.165, 1.54) is 14.0 Å². The zero-order valence-electron chi connectivity index (χ0n) is 27.7. The molecule has 0 spiro atoms. The lowest BCUT2D eigenvalue weighted by Gasteiger charge is -2.44. The standard InChI is InChI=1S/C36H46N2O9/c1-22(2)20-29(37-23(3)39)34(42)38-31-33(41)32(40)30(47-35(31)45-6)21-46-36(24-10-8-7-9-11-24,25-12-16-27(43-4)17-13-25)26-14-18-28(44-5)19-15-26/h7-19,22,29-33,35,40-41H,20-21H2,1-6H3,(H,37,39)(H,38,42)/t29-,30+,31+,32+,33+,35-/m0/s1. The first-order chi connectivity index (χ1) is 22.5. The Balaban J connectivity index is 1.66. The van der Waals surface area contributed by atoms with E-state index in [-0.39, 0.29) is 18.4 Å². The van der Waals surface area contributed by atoms with Gasteiger partial charge in [-0.1, -0.05) is 68.4 Å². The van der Waals surface area contributed by atoms with Gasteiger partial charge in [-0.05, 0) is 53.3 Å². The fraction of sp³-hybridized carbons (Fsp3) is 0.444. The van der Waals surface area contributed by atoms with Gasteiger partial charge in [-0.15, -0.1) is 0 Å². The zero-order valence-corrected chi connectivity index (χ0v) is 27.7. The SMILES string of the molecule is COc1ccc(C(OC[C@H]2O[C@H](OC)[C@H](NC(=O)[C@H](CC(C)C)NC(C)=O)[C@@H](O)[C@@H]2O)(c2ccccc2)c2ccc(OC)cc2)cc1. The Morgan fingerprint density at radius 2 is 1.36 bits per heavy atom. The lowest BCUT2D eigenvalue weighted by molar-refractivity contribution is -0.269. The zero-order chi connectivity index (χ0) is 34.1. The van der Waals surface area contributed by atoms with Gasteiger partial charge in [0.05, 0.1) is 20.8 Å². The summed E-state index contributed by atoms with van der Waals surface area (Å²) in [6, 6.07) is 22.7. The highest BCUT2D eigenvalue weighted by Crippen LogP contribution is 2.42. The number of hydrogen-bond acceptors (Lipinski definition) is 9. The predicted molar refractivity (Wildman–Crippen MR) is 175 cm³/mol. The van der Waals surface area contributed by atoms with Crippen molar-refractivity contribution in [1.82, 2.24) is 10.6 Å². The third-order valence-electron chi connectivity index (χ3n) is 8.28. The van der Waals surface area contributed by atoms with Crippen LogP contribution in [-0.4, -0.2) is 86.6 Å². The number of carbonyl (C=O) groups is 2. The fourth-order valence-corrected chi connectivity index (χ4v) is 5.92. The van der Waals surface area contributed by atoms with Gasteiger partial charge in [0.25, 0.3) is 0 Å². The van der Waals surface area contributed by atoms with Crippen LogP contribution in [0.2, 0.25) is 0 Å². The summed E-state index contributed by atoms with van der Waals surface area (Å²) in [6.07, 6.45) is -4.74. The number of rotatable bonds is 14. The summed E-state index contributed by atoms with van der Waals surface area (Å²) in [4.78, 5) is 25.0. The van der Waals surface area contributed by atoms with E-state index in [1.807, 2.05) is 92.7 Å². The van der Waals surface area contributed by atoms with Gasteiger partial charge in [0, 0.05) is 14.0 Å². The van der Waals surface area contributed by atoms with Crippen LogP contribution in [0.3, 0.4) is 0 Å². The second-order valence-corrected chi connectivity index (χ2v) is 12.0. The molecule has 1 aliphatic rings. The highest BCUT2D eigenvalue weighted by Gasteiger charge is 2.48. The van der Waals surface area contributed by atoms with Gasteiger partial charge in [0.2, 0.25) is 11.8 Å². The smallest absolute Gasteiger partial charge is 0.243 e. The molecule has 0 unspecified atom stereocenters. The molecule has 6 atom stereocenters. The summed E-state index contributed by atoms with van der Waals surface area (Å²) in [7, 11) is 4.58. The molecule has 47 heavy (non-hydrogen) atoms. The second kappa shape index (κ2) is 16.2. The molecule has 254 valence electrons. The Bertz CT molecular complexity index is 1380. The first-order valence-corrected chi connectivity index (χ1v) is 15.6. The molecule has 4 N–H and O–H groups in total. The first kappa shape index (κ1) is 35.8. The number of amides is 2. The summed E-state index contributed by atoms with van der Waals surface area (Å²) in [6.45, 7) is 5.02. The number of methoxy groups -OCH3 is 3. The van der Waals surface area contributed by atoms with Crippen LogP contribution >= 0.6 is 0 Å². The molecule has 2 amide bonds. The minimum absolute atomic E-state index is 0.108. The Hall–Kier alpha value is -4.00. The Morgan fingerprint density at radius 3 is 1.83 bits per heavy atom. The molecule has 11 heteroatoms. The van der Waals surface area contributed by atoms with Crippen molar-refractivity contribution >= 4 is 11.8 Å². The van der Waals surface area contributed by atoms with E-state index in [4.69, 9.17) is 23.7 Å². The van der Waals surface area contributed by atoms with Gasteiger partial charge in [0.15, 0.2) is 6.29 Å². The number of carbonyl (C=O) groups excluding carboxylic acids is 2. The molecule has 4 rings (SSSR count). The van der Waals surface area contributed by atoms with Crippen LogP contribution in [0.25, 0.3) is 0 Å². The van der Waals surface area contributed by atoms with Crippen molar-refractivity contribution in [3.63, 3.8) is 0 Å². The van der Waals surface area contributed by atoms with Gasteiger partial charge in [-0.25, -0.2) is 0 Å². The minimum Gasteiger partial charge on any atom is -0.497 e. The molecule has 1 aliphatic heterocycles. The lowest BCUT2D eigenvalue weighted by atomic mass is 9.80. The summed E-state index contributed by atoms with van der Waals surface area (Å²) in [5.41, 5.74) is 1.18. The number of aliphatic hydroxyl groups excluding tert-OH is 2. The van der Waals surface area contributed by atoms with Gasteiger partial charge in [-0.3, -0.25) is 9.59 Å². The Morgan fingerprint density at radius 1 is 0.830 bits per heavy atom. The molecule has 0 aliphatic carbocycles. The number of ether oxygens (including phenoxy) is 5. The van der Waals surface area contributed by atoms with Crippen molar-refractivity contribution < 1.29 is 43.5 Å². The van der Waals surface area contributed by atoms with Gasteiger partial charge in [-0.2, -0.15) is 0 Å². The highest BCUT2D eigenvalue weighted by molar-refractivity contribution is 5.87. The van der Waals surface area contributed by atoms with Crippen LogP contribution in [-0.2, 0) is 29.4 Å². The van der Waals surface area contributed by atoms with Gasteiger partial charge < -0.3 is 44.5 Å². The van der Waals surface area contributed by atoms with E-state index in [0.717, 1.165) is 16.7 Å². The number of benzene rings is 3. The third kappa shape index (κ3) is 8.30. The van der Waals surface area contributed by atoms with Crippen molar-refractivity contribution in [2.24, 2.45) is 5.92 Å². The largest absolute Gasteiger partial charge is 0.497 e. The molecule has 0 radical (unpaired) electrons. The quantitative estimate of drug-likeness (QED) is 0.194. The monoisotopic (exact) mass is 650 g/mol. The Labute approximate surface area is 276 Å². The summed E-state index contributed by atoms with van der Waals surface area (Å²) < 4.78 is 29.4. The molecule has 3 aromatic rings. The average Bonchev–Trinajstić information content (AvgIpc) is 3.08. The first-order valence-electron chi connectivity index (χ1n) is 15.6. The second-order valence-electron chi connectivity index (χ2n) is 12.0. The molecule has 0 bridgehead atoms. The van der Waals surface area contributed by atoms with Crippen molar-refractivity contribution in [2.75, 3.05) is 27.9 Å². The molecule has 0 aromatic heterocycles. The Kier molecular flexibility index (Phi) is 12.4. The molecule has 0 saturated carbocycles. The predicted octanol–water partition coefficient (Wildman–Crippen LogP) is 3.14. The van der Waals surface area contributed by atoms with E-state index < -0.39 is 48.2 Å². The van der Waals surface area contributed by atoms with Crippen LogP contribution in [0, 0.1) is 5.92 Å². The van der Waals surface area contributed by atoms with Crippen molar-refractivity contribution in [3.8, 4) is 11.5 Å². The maximum Gasteiger partial charge on any atom is 0.243 e. The normalized spacial score (nSPS) is 21.9. The number of aliphatic hydroxyl groups is 2. The molecular weight excluding hydrogens is 604 g/mol. The van der Waals surface area contributed by atoms with Crippen LogP contribution in [0.1, 0.15) is 43.9 Å². The summed E-state index contributed by atoms with van der Waals surface area (Å²) >= 11 is 0. The maximum atomic E-state index is 13.2. The molecule has 11 nitrogen and oxygen atoms in total. The topological polar surface area (TPSA) is 145 Å². The minimum atomic E-state index is -1.48. The number of hydrogen-bond donors (Lipinski definition) is 4.